The van der Waals surface area contributed by atoms with Gasteiger partial charge in [0, 0.05) is 0 Å². The second-order valence-corrected chi connectivity index (χ2v) is 3.22. The zero-order chi connectivity index (χ0) is 5.78. The lowest BCUT2D eigenvalue weighted by molar-refractivity contribution is 0.504. The minimum atomic E-state index is 0.681. The van der Waals surface area contributed by atoms with Crippen LogP contribution in [0.4, 0.5) is 0 Å². The molecule has 0 heteroatoms. The molecule has 2 unspecified atom stereocenters. The van der Waals surface area contributed by atoms with Gasteiger partial charge in [-0.25, -0.2) is 0 Å². The fourth-order valence-corrected chi connectivity index (χ4v) is 1.90. The quantitative estimate of drug-likeness (QED) is 0.452. The van der Waals surface area contributed by atoms with Gasteiger partial charge in [0.25, 0.3) is 0 Å². The number of hydrogen-bond acceptors (Lipinski definition) is 0. The Hall–Kier alpha value is -0.260. The van der Waals surface area contributed by atoms with E-state index in [-0.39, 0.29) is 0 Å². The van der Waals surface area contributed by atoms with Gasteiger partial charge in [-0.15, -0.1) is 0 Å². The van der Waals surface area contributed by atoms with Crippen LogP contribution in [0.3, 0.4) is 0 Å². The van der Waals surface area contributed by atoms with Crippen molar-refractivity contribution in [3.8, 4) is 0 Å². The first-order valence-corrected chi connectivity index (χ1v) is 3.49. The number of hydrogen-bond donors (Lipinski definition) is 0. The molecule has 8 heavy (non-hydrogen) atoms. The average Bonchev–Trinajstić information content (AvgIpc) is 2.01. The Morgan fingerprint density at radius 2 is 2.50 bits per heavy atom. The highest BCUT2D eigenvalue weighted by Gasteiger charge is 2.57. The van der Waals surface area contributed by atoms with E-state index in [1.54, 1.807) is 5.57 Å². The van der Waals surface area contributed by atoms with Crippen LogP contribution in [0, 0.1) is 11.3 Å². The molecule has 2 aliphatic rings. The summed E-state index contributed by atoms with van der Waals surface area (Å²) >= 11 is 0. The summed E-state index contributed by atoms with van der Waals surface area (Å²) in [6.07, 6.45) is 5.12. The van der Waals surface area contributed by atoms with Gasteiger partial charge >= 0.3 is 0 Å². The summed E-state index contributed by atoms with van der Waals surface area (Å²) in [5, 5.41) is 0. The van der Waals surface area contributed by atoms with Gasteiger partial charge in [0.2, 0.25) is 0 Å². The van der Waals surface area contributed by atoms with Crippen LogP contribution in [0.25, 0.3) is 0 Å². The summed E-state index contributed by atoms with van der Waals surface area (Å²) in [4.78, 5) is 0. The van der Waals surface area contributed by atoms with E-state index < -0.39 is 0 Å². The van der Waals surface area contributed by atoms with Gasteiger partial charge in [-0.3, -0.25) is 0 Å². The van der Waals surface area contributed by atoms with E-state index in [9.17, 15) is 0 Å². The van der Waals surface area contributed by atoms with Gasteiger partial charge in [0.05, 0.1) is 0 Å². The van der Waals surface area contributed by atoms with Crippen LogP contribution >= 0.6 is 0 Å². The fourth-order valence-electron chi connectivity index (χ4n) is 1.90. The van der Waals surface area contributed by atoms with Crippen molar-refractivity contribution in [3.63, 3.8) is 0 Å². The highest BCUT2D eigenvalue weighted by Crippen LogP contribution is 2.67. The molecule has 0 spiro atoms. The normalized spacial score (nSPS) is 49.2. The molecule has 0 amide bonds. The van der Waals surface area contributed by atoms with Crippen molar-refractivity contribution in [1.29, 1.82) is 0 Å². The number of rotatable bonds is 1. The summed E-state index contributed by atoms with van der Waals surface area (Å²) in [5.41, 5.74) is 2.43. The van der Waals surface area contributed by atoms with Crippen molar-refractivity contribution in [2.45, 2.75) is 26.7 Å². The molecule has 0 aliphatic heterocycles. The molecule has 0 saturated heterocycles. The van der Waals surface area contributed by atoms with Crippen LogP contribution in [-0.4, -0.2) is 0 Å². The number of allylic oxidation sites excluding steroid dienone is 2. The Bertz CT molecular complexity index is 155. The van der Waals surface area contributed by atoms with E-state index in [4.69, 9.17) is 0 Å². The van der Waals surface area contributed by atoms with Crippen LogP contribution < -0.4 is 0 Å². The topological polar surface area (TPSA) is 0 Å². The molecule has 2 rings (SSSR count). The second-order valence-electron chi connectivity index (χ2n) is 3.22. The molecule has 1 fully saturated rings. The number of fused-ring (bicyclic) bond motifs is 1. The predicted molar refractivity (Wildman–Crippen MR) is 34.6 cm³/mol. The molecule has 0 nitrogen and oxygen atoms in total. The van der Waals surface area contributed by atoms with E-state index in [0.717, 1.165) is 5.92 Å². The van der Waals surface area contributed by atoms with E-state index in [1.165, 1.54) is 12.8 Å². The fraction of sp³-hybridized carbons (Fsp3) is 0.750. The van der Waals surface area contributed by atoms with Crippen LogP contribution in [-0.2, 0) is 0 Å². The minimum Gasteiger partial charge on any atom is -0.0838 e. The van der Waals surface area contributed by atoms with E-state index in [2.05, 4.69) is 19.9 Å². The Balaban J connectivity index is 2.23. The lowest BCUT2D eigenvalue weighted by Crippen LogP contribution is -1.91. The summed E-state index contributed by atoms with van der Waals surface area (Å²) in [6.45, 7) is 4.68. The Kier molecular flexibility index (Phi) is 0.588. The predicted octanol–water partition coefficient (Wildman–Crippen LogP) is 2.36. The van der Waals surface area contributed by atoms with Crippen molar-refractivity contribution < 1.29 is 0 Å². The van der Waals surface area contributed by atoms with Gasteiger partial charge in [-0.05, 0) is 24.2 Å². The van der Waals surface area contributed by atoms with Gasteiger partial charge in [0.15, 0.2) is 0 Å². The minimum absolute atomic E-state index is 0.681. The molecular weight excluding hydrogens is 96.1 g/mol. The Morgan fingerprint density at radius 1 is 1.88 bits per heavy atom. The maximum atomic E-state index is 2.40. The summed E-state index contributed by atoms with van der Waals surface area (Å²) < 4.78 is 0. The molecule has 0 aromatic carbocycles. The molecule has 2 aliphatic carbocycles. The molecule has 0 N–H and O–H groups in total. The van der Waals surface area contributed by atoms with Crippen molar-refractivity contribution in [1.82, 2.24) is 0 Å². The van der Waals surface area contributed by atoms with Gasteiger partial charge in [0.1, 0.15) is 0 Å². The van der Waals surface area contributed by atoms with Crippen molar-refractivity contribution in [2.24, 2.45) is 11.3 Å². The van der Waals surface area contributed by atoms with Crippen molar-refractivity contribution >= 4 is 0 Å². The first kappa shape index (κ1) is 4.60. The van der Waals surface area contributed by atoms with Gasteiger partial charge < -0.3 is 0 Å². The van der Waals surface area contributed by atoms with E-state index in [0.29, 0.717) is 5.41 Å². The SMILES string of the molecule is CCC1(C)C2=CCC21. The molecule has 0 aromatic heterocycles. The molecule has 44 valence electrons. The van der Waals surface area contributed by atoms with Crippen LogP contribution in [0.2, 0.25) is 0 Å². The summed E-state index contributed by atoms with van der Waals surface area (Å²) in [5.74, 6) is 1.02. The summed E-state index contributed by atoms with van der Waals surface area (Å²) in [7, 11) is 0. The second kappa shape index (κ2) is 1.02. The van der Waals surface area contributed by atoms with Gasteiger partial charge in [-0.1, -0.05) is 25.5 Å². The van der Waals surface area contributed by atoms with Crippen molar-refractivity contribution in [3.05, 3.63) is 11.6 Å². The first-order valence-electron chi connectivity index (χ1n) is 3.49. The molecule has 0 bridgehead atoms. The van der Waals surface area contributed by atoms with Crippen LogP contribution in [0.15, 0.2) is 11.6 Å². The molecular formula is C8H12. The largest absolute Gasteiger partial charge is 0.0838 e. The van der Waals surface area contributed by atoms with Gasteiger partial charge in [-0.2, -0.15) is 0 Å². The third-order valence-electron chi connectivity index (χ3n) is 3.03. The zero-order valence-electron chi connectivity index (χ0n) is 5.57. The monoisotopic (exact) mass is 108 g/mol. The average molecular weight is 108 g/mol. The van der Waals surface area contributed by atoms with E-state index >= 15 is 0 Å². The smallest absolute Gasteiger partial charge is 0.00472 e. The molecule has 0 radical (unpaired) electrons. The Morgan fingerprint density at radius 3 is 2.62 bits per heavy atom. The lowest BCUT2D eigenvalue weighted by Gasteiger charge is -1.99. The van der Waals surface area contributed by atoms with E-state index in [1.807, 2.05) is 0 Å². The summed E-state index contributed by atoms with van der Waals surface area (Å²) in [6, 6.07) is 0. The lowest BCUT2D eigenvalue weighted by atomic mass is 10.0. The third kappa shape index (κ3) is 0.273. The highest BCUT2D eigenvalue weighted by atomic mass is 14.6. The third-order valence-corrected chi connectivity index (χ3v) is 3.03. The zero-order valence-corrected chi connectivity index (χ0v) is 5.57. The highest BCUT2D eigenvalue weighted by molar-refractivity contribution is 5.44. The first-order chi connectivity index (χ1) is 3.79. The maximum Gasteiger partial charge on any atom is -0.00472 e. The molecule has 1 saturated carbocycles. The Labute approximate surface area is 50.6 Å². The van der Waals surface area contributed by atoms with Crippen molar-refractivity contribution in [2.75, 3.05) is 0 Å². The standard InChI is InChI=1S/C8H12/c1-3-8(2)6-4-5-7(6)8/h4,7H,3,5H2,1-2H3. The van der Waals surface area contributed by atoms with Crippen LogP contribution in [0.5, 0.6) is 0 Å². The molecule has 0 heterocycles. The van der Waals surface area contributed by atoms with Crippen LogP contribution in [0.1, 0.15) is 26.7 Å². The maximum absolute atomic E-state index is 2.40. The molecule has 0 aromatic rings. The molecule has 2 atom stereocenters.